The van der Waals surface area contributed by atoms with Crippen LogP contribution in [0.25, 0.3) is 11.0 Å². The van der Waals surface area contributed by atoms with E-state index in [9.17, 15) is 16.8 Å². The third-order valence-electron chi connectivity index (χ3n) is 9.01. The summed E-state index contributed by atoms with van der Waals surface area (Å²) >= 11 is 0. The van der Waals surface area contributed by atoms with Crippen molar-refractivity contribution in [1.29, 1.82) is 0 Å². The fourth-order valence-corrected chi connectivity index (χ4v) is 8.25. The van der Waals surface area contributed by atoms with Crippen molar-refractivity contribution in [2.45, 2.75) is 57.7 Å². The molecule has 0 aliphatic heterocycles. The van der Waals surface area contributed by atoms with E-state index in [1.165, 1.54) is 7.11 Å². The maximum Gasteiger partial charge on any atom is 0.380 e. The number of ether oxygens (including phenoxy) is 1. The number of hydrogen-bond donors (Lipinski definition) is 2. The predicted molar refractivity (Wildman–Crippen MR) is 149 cm³/mol. The highest BCUT2D eigenvalue weighted by molar-refractivity contribution is 7.84. The molecule has 0 amide bonds. The Morgan fingerprint density at radius 2 is 1.81 bits per heavy atom. The first kappa shape index (κ1) is 28.8. The number of methoxy groups -OCH3 is 1. The van der Waals surface area contributed by atoms with Crippen LogP contribution < -0.4 is 19.2 Å². The minimum atomic E-state index is -4.33. The van der Waals surface area contributed by atoms with Gasteiger partial charge in [0.15, 0.2) is 11.5 Å². The zero-order chi connectivity index (χ0) is 29.9. The summed E-state index contributed by atoms with van der Waals surface area (Å²) in [6, 6.07) is 8.72. The van der Waals surface area contributed by atoms with Crippen molar-refractivity contribution in [3.8, 4) is 11.5 Å². The summed E-state index contributed by atoms with van der Waals surface area (Å²) in [6.45, 7) is 2.20. The lowest BCUT2D eigenvalue weighted by atomic mass is 9.55. The molecule has 1 aromatic heterocycles. The number of oxime groups is 1. The van der Waals surface area contributed by atoms with Crippen LogP contribution in [0.15, 0.2) is 40.1 Å². The average Bonchev–Trinajstić information content (AvgIpc) is 3.50. The second-order valence-electron chi connectivity index (χ2n) is 11.3. The number of rotatable bonds is 8. The lowest BCUT2D eigenvalue weighted by molar-refractivity contribution is -0.00264. The van der Waals surface area contributed by atoms with Gasteiger partial charge in [0.2, 0.25) is 0 Å². The average molecular weight is 622 g/mol. The quantitative estimate of drug-likeness (QED) is 0.349. The van der Waals surface area contributed by atoms with Crippen LogP contribution in [-0.4, -0.2) is 46.1 Å². The molecule has 4 N–H and O–H groups in total. The second-order valence-corrected chi connectivity index (χ2v) is 13.7. The van der Waals surface area contributed by atoms with Crippen molar-refractivity contribution in [2.75, 3.05) is 7.11 Å². The van der Waals surface area contributed by atoms with Crippen molar-refractivity contribution < 1.29 is 39.4 Å². The first-order valence-electron chi connectivity index (χ1n) is 13.4. The molecule has 2 aromatic carbocycles. The summed E-state index contributed by atoms with van der Waals surface area (Å²) < 4.78 is 67.9. The van der Waals surface area contributed by atoms with Crippen LogP contribution in [0.4, 0.5) is 0 Å². The Balaban J connectivity index is 1.37. The highest BCUT2D eigenvalue weighted by Gasteiger charge is 2.57. The Kier molecular flexibility index (Phi) is 7.16. The van der Waals surface area contributed by atoms with E-state index in [0.29, 0.717) is 35.2 Å². The molecule has 2 fully saturated rings. The molecule has 16 heteroatoms. The summed E-state index contributed by atoms with van der Waals surface area (Å²) in [4.78, 5) is 5.82. The van der Waals surface area contributed by atoms with Crippen LogP contribution in [0.2, 0.25) is 0 Å². The monoisotopic (exact) mass is 621 g/mol. The van der Waals surface area contributed by atoms with Gasteiger partial charge in [-0.05, 0) is 101 Å². The minimum Gasteiger partial charge on any atom is -0.493 e. The Morgan fingerprint density at radius 3 is 2.55 bits per heavy atom. The summed E-state index contributed by atoms with van der Waals surface area (Å²) in [7, 11) is -7.02. The van der Waals surface area contributed by atoms with Crippen molar-refractivity contribution in [1.82, 2.24) is 10.3 Å². The zero-order valence-electron chi connectivity index (χ0n) is 22.9. The molecule has 14 nitrogen and oxygen atoms in total. The standard InChI is InChI=1S/C26H31N5O9S2/c1-26-8-7-15-16-11-23(36-2)24(38-41(27,32)33)12-18(16)21(10-17(15)19(26)4-6-25(26)39-42(28,34)35)29-37-13-14-3-5-20-22(9-14)31-40-30-20/h3,5,9,11-12,15,17,19,25H,4,6-8,10,13H2,1-2H3,(H2,27,32,33)(H2,28,34,35)/b29-21+. The van der Waals surface area contributed by atoms with Crippen molar-refractivity contribution in [3.05, 3.63) is 47.0 Å². The van der Waals surface area contributed by atoms with Crippen molar-refractivity contribution >= 4 is 37.4 Å². The Bertz CT molecular complexity index is 1780. The summed E-state index contributed by atoms with van der Waals surface area (Å²) in [5.41, 5.74) is 3.79. The molecule has 42 heavy (non-hydrogen) atoms. The van der Waals surface area contributed by atoms with E-state index in [1.807, 2.05) is 6.07 Å². The number of hydrogen-bond acceptors (Lipinski definition) is 12. The van der Waals surface area contributed by atoms with Gasteiger partial charge in [0.05, 0.1) is 18.9 Å². The fourth-order valence-electron chi connectivity index (χ4n) is 7.23. The summed E-state index contributed by atoms with van der Waals surface area (Å²) in [5.74, 6) is 0.435. The van der Waals surface area contributed by atoms with E-state index in [2.05, 4.69) is 22.4 Å². The molecule has 0 saturated heterocycles. The lowest BCUT2D eigenvalue weighted by Crippen LogP contribution is -2.46. The SMILES string of the molecule is COc1cc2c(cc1OS(N)(=O)=O)/C(=N/OCc1ccc3nonc3c1)CC1C2CCC2(C)C(OS(N)(=O)=O)CCC12. The van der Waals surface area contributed by atoms with Crippen LogP contribution in [0, 0.1) is 17.3 Å². The van der Waals surface area contributed by atoms with Gasteiger partial charge < -0.3 is 13.8 Å². The maximum absolute atomic E-state index is 11.8. The molecule has 3 aliphatic carbocycles. The Hall–Kier alpha value is -3.31. The molecule has 1 heterocycles. The zero-order valence-corrected chi connectivity index (χ0v) is 24.6. The van der Waals surface area contributed by atoms with Crippen LogP contribution >= 0.6 is 0 Å². The molecule has 5 unspecified atom stereocenters. The highest BCUT2D eigenvalue weighted by atomic mass is 32.2. The Labute approximate surface area is 242 Å². The van der Waals surface area contributed by atoms with Gasteiger partial charge in [-0.2, -0.15) is 22.0 Å². The van der Waals surface area contributed by atoms with Crippen LogP contribution in [0.3, 0.4) is 0 Å². The van der Waals surface area contributed by atoms with Gasteiger partial charge in [-0.3, -0.25) is 4.18 Å². The van der Waals surface area contributed by atoms with Gasteiger partial charge in [0.1, 0.15) is 17.6 Å². The van der Waals surface area contributed by atoms with E-state index in [0.717, 1.165) is 30.4 Å². The van der Waals surface area contributed by atoms with Gasteiger partial charge in [-0.25, -0.2) is 9.77 Å². The van der Waals surface area contributed by atoms with Crippen molar-refractivity contribution in [2.24, 2.45) is 32.7 Å². The van der Waals surface area contributed by atoms with Gasteiger partial charge in [-0.15, -0.1) is 0 Å². The van der Waals surface area contributed by atoms with Crippen LogP contribution in [0.1, 0.15) is 61.6 Å². The molecule has 5 atom stereocenters. The lowest BCUT2D eigenvalue weighted by Gasteiger charge is -2.50. The summed E-state index contributed by atoms with van der Waals surface area (Å²) in [5, 5.41) is 22.6. The number of benzene rings is 2. The third-order valence-corrected chi connectivity index (χ3v) is 9.92. The second kappa shape index (κ2) is 10.4. The highest BCUT2D eigenvalue weighted by Crippen LogP contribution is 2.62. The van der Waals surface area contributed by atoms with Gasteiger partial charge in [-0.1, -0.05) is 18.1 Å². The molecule has 0 radical (unpaired) electrons. The Morgan fingerprint density at radius 1 is 1.02 bits per heavy atom. The fraction of sp³-hybridized carbons (Fsp3) is 0.500. The molecule has 3 aliphatic rings. The third kappa shape index (κ3) is 5.44. The number of nitrogens with zero attached hydrogens (tertiary/aromatic N) is 3. The molecule has 0 bridgehead atoms. The number of nitrogens with two attached hydrogens (primary N) is 2. The normalized spacial score (nSPS) is 28.2. The molecule has 3 aromatic rings. The molecule has 226 valence electrons. The van der Waals surface area contributed by atoms with Crippen LogP contribution in [-0.2, 0) is 36.2 Å². The smallest absolute Gasteiger partial charge is 0.380 e. The van der Waals surface area contributed by atoms with E-state index in [4.69, 9.17) is 32.8 Å². The van der Waals surface area contributed by atoms with E-state index in [-0.39, 0.29) is 35.9 Å². The molecule has 6 rings (SSSR count). The molecular weight excluding hydrogens is 590 g/mol. The maximum atomic E-state index is 11.8. The minimum absolute atomic E-state index is 0.0583. The molecule has 0 spiro atoms. The number of aromatic nitrogens is 2. The van der Waals surface area contributed by atoms with Gasteiger partial charge in [0.25, 0.3) is 0 Å². The topological polar surface area (TPSA) is 209 Å². The predicted octanol–water partition coefficient (Wildman–Crippen LogP) is 2.64. The van der Waals surface area contributed by atoms with Gasteiger partial charge >= 0.3 is 20.6 Å². The first-order valence-corrected chi connectivity index (χ1v) is 16.3. The van der Waals surface area contributed by atoms with Crippen molar-refractivity contribution in [3.63, 3.8) is 0 Å². The van der Waals surface area contributed by atoms with E-state index < -0.39 is 32.1 Å². The van der Waals surface area contributed by atoms with Crippen LogP contribution in [0.5, 0.6) is 11.5 Å². The largest absolute Gasteiger partial charge is 0.493 e. The molecule has 2 saturated carbocycles. The molecular formula is C26H31N5O9S2. The summed E-state index contributed by atoms with van der Waals surface area (Å²) in [6.07, 6.45) is 2.79. The van der Waals surface area contributed by atoms with Gasteiger partial charge in [0, 0.05) is 5.56 Å². The first-order chi connectivity index (χ1) is 19.8. The van der Waals surface area contributed by atoms with E-state index in [1.54, 1.807) is 24.3 Å². The number of fused-ring (bicyclic) bond motifs is 6. The van der Waals surface area contributed by atoms with E-state index >= 15 is 0 Å².